The molecule has 0 radical (unpaired) electrons. The molecule has 0 bridgehead atoms. The minimum atomic E-state index is -0.893. The summed E-state index contributed by atoms with van der Waals surface area (Å²) in [5, 5.41) is 0. The van der Waals surface area contributed by atoms with Crippen molar-refractivity contribution in [3.8, 4) is 0 Å². The molecule has 1 aromatic heterocycles. The second-order valence-corrected chi connectivity index (χ2v) is 5.25. The van der Waals surface area contributed by atoms with Crippen LogP contribution in [0, 0.1) is 11.6 Å². The summed E-state index contributed by atoms with van der Waals surface area (Å²) in [5.41, 5.74) is 0.914. The van der Waals surface area contributed by atoms with E-state index in [1.807, 2.05) is 0 Å². The number of rotatable bonds is 2. The van der Waals surface area contributed by atoms with Crippen LogP contribution in [-0.4, -0.2) is 51.9 Å². The van der Waals surface area contributed by atoms with Crippen LogP contribution < -0.4 is 0 Å². The van der Waals surface area contributed by atoms with Gasteiger partial charge in [-0.25, -0.2) is 13.8 Å². The maximum atomic E-state index is 13.2. The third-order valence-electron chi connectivity index (χ3n) is 3.76. The van der Waals surface area contributed by atoms with E-state index in [1.54, 1.807) is 11.8 Å². The Labute approximate surface area is 120 Å². The molecule has 1 fully saturated rings. The van der Waals surface area contributed by atoms with Crippen LogP contribution in [0.5, 0.6) is 0 Å². The van der Waals surface area contributed by atoms with E-state index < -0.39 is 11.6 Å². The van der Waals surface area contributed by atoms with Gasteiger partial charge in [-0.05, 0) is 0 Å². The fourth-order valence-corrected chi connectivity index (χ4v) is 2.57. The molecule has 1 aliphatic heterocycles. The number of carbonyl (C=O) groups is 1. The maximum absolute atomic E-state index is 13.2. The van der Waals surface area contributed by atoms with Gasteiger partial charge in [-0.3, -0.25) is 9.69 Å². The molecule has 3 rings (SSSR count). The van der Waals surface area contributed by atoms with E-state index >= 15 is 0 Å². The lowest BCUT2D eigenvalue weighted by Gasteiger charge is -2.33. The second kappa shape index (κ2) is 5.40. The summed E-state index contributed by atoms with van der Waals surface area (Å²) >= 11 is 0. The number of H-pyrrole nitrogens is 1. The van der Waals surface area contributed by atoms with Gasteiger partial charge in [0.05, 0.1) is 17.6 Å². The van der Waals surface area contributed by atoms with Crippen molar-refractivity contribution in [3.63, 3.8) is 0 Å². The molecule has 0 saturated carbocycles. The standard InChI is InChI=1S/C14H16F2N4O/c1-9(21)20-4-2-19(3-5-20)8-14-17-12-6-10(15)11(16)7-13(12)18-14/h6-7H,2-5,8H2,1H3,(H,17,18). The minimum Gasteiger partial charge on any atom is -0.341 e. The lowest BCUT2D eigenvalue weighted by atomic mass is 10.3. The Balaban J connectivity index is 1.70. The maximum Gasteiger partial charge on any atom is 0.219 e. The summed E-state index contributed by atoms with van der Waals surface area (Å²) in [4.78, 5) is 22.5. The highest BCUT2D eigenvalue weighted by atomic mass is 19.2. The molecule has 1 amide bonds. The molecule has 1 saturated heterocycles. The van der Waals surface area contributed by atoms with Crippen molar-refractivity contribution in [2.45, 2.75) is 13.5 Å². The van der Waals surface area contributed by atoms with Gasteiger partial charge < -0.3 is 9.88 Å². The van der Waals surface area contributed by atoms with E-state index in [1.165, 1.54) is 0 Å². The lowest BCUT2D eigenvalue weighted by Crippen LogP contribution is -2.47. The van der Waals surface area contributed by atoms with Crippen molar-refractivity contribution in [2.24, 2.45) is 0 Å². The van der Waals surface area contributed by atoms with Crippen molar-refractivity contribution in [2.75, 3.05) is 26.2 Å². The van der Waals surface area contributed by atoms with Gasteiger partial charge in [-0.1, -0.05) is 0 Å². The first kappa shape index (κ1) is 13.9. The lowest BCUT2D eigenvalue weighted by molar-refractivity contribution is -0.130. The predicted molar refractivity (Wildman–Crippen MR) is 73.5 cm³/mol. The summed E-state index contributed by atoms with van der Waals surface area (Å²) in [7, 11) is 0. The molecule has 112 valence electrons. The second-order valence-electron chi connectivity index (χ2n) is 5.25. The average Bonchev–Trinajstić information content (AvgIpc) is 2.81. The van der Waals surface area contributed by atoms with Crippen LogP contribution in [0.2, 0.25) is 0 Å². The first-order valence-electron chi connectivity index (χ1n) is 6.84. The molecule has 5 nitrogen and oxygen atoms in total. The van der Waals surface area contributed by atoms with Crippen LogP contribution in [0.15, 0.2) is 12.1 Å². The van der Waals surface area contributed by atoms with Crippen LogP contribution in [-0.2, 0) is 11.3 Å². The number of aromatic amines is 1. The number of nitrogens with one attached hydrogen (secondary N) is 1. The first-order valence-corrected chi connectivity index (χ1v) is 6.84. The number of imidazole rings is 1. The van der Waals surface area contributed by atoms with Gasteiger partial charge in [0.1, 0.15) is 5.82 Å². The molecule has 0 spiro atoms. The van der Waals surface area contributed by atoms with Gasteiger partial charge in [0.2, 0.25) is 5.91 Å². The summed E-state index contributed by atoms with van der Waals surface area (Å²) < 4.78 is 26.3. The van der Waals surface area contributed by atoms with Gasteiger partial charge in [-0.15, -0.1) is 0 Å². The molecule has 1 aliphatic rings. The van der Waals surface area contributed by atoms with E-state index in [-0.39, 0.29) is 5.91 Å². The van der Waals surface area contributed by atoms with Crippen molar-refractivity contribution in [1.82, 2.24) is 19.8 Å². The molecule has 2 aromatic rings. The van der Waals surface area contributed by atoms with E-state index in [9.17, 15) is 13.6 Å². The number of benzene rings is 1. The summed E-state index contributed by atoms with van der Waals surface area (Å²) in [6.45, 7) is 5.05. The molecule has 0 unspecified atom stereocenters. The van der Waals surface area contributed by atoms with Gasteiger partial charge in [-0.2, -0.15) is 0 Å². The van der Waals surface area contributed by atoms with Crippen molar-refractivity contribution < 1.29 is 13.6 Å². The Morgan fingerprint density at radius 1 is 1.24 bits per heavy atom. The van der Waals surface area contributed by atoms with Gasteiger partial charge >= 0.3 is 0 Å². The van der Waals surface area contributed by atoms with E-state index in [2.05, 4.69) is 14.9 Å². The van der Waals surface area contributed by atoms with Crippen LogP contribution in [0.1, 0.15) is 12.7 Å². The Morgan fingerprint density at radius 2 is 1.90 bits per heavy atom. The predicted octanol–water partition coefficient (Wildman–Crippen LogP) is 1.51. The molecule has 0 aliphatic carbocycles. The van der Waals surface area contributed by atoms with Crippen LogP contribution in [0.3, 0.4) is 0 Å². The topological polar surface area (TPSA) is 52.2 Å². The number of hydrogen-bond acceptors (Lipinski definition) is 3. The number of amides is 1. The molecule has 0 atom stereocenters. The quantitative estimate of drug-likeness (QED) is 0.913. The summed E-state index contributed by atoms with van der Waals surface area (Å²) in [5.74, 6) is -1.01. The van der Waals surface area contributed by atoms with Crippen molar-refractivity contribution in [1.29, 1.82) is 0 Å². The van der Waals surface area contributed by atoms with Crippen LogP contribution in [0.25, 0.3) is 11.0 Å². The summed E-state index contributed by atoms with van der Waals surface area (Å²) in [6, 6.07) is 2.22. The normalized spacial score (nSPS) is 16.6. The fourth-order valence-electron chi connectivity index (χ4n) is 2.57. The zero-order valence-corrected chi connectivity index (χ0v) is 11.7. The molecule has 1 N–H and O–H groups in total. The fraction of sp³-hybridized carbons (Fsp3) is 0.429. The molecule has 21 heavy (non-hydrogen) atoms. The minimum absolute atomic E-state index is 0.0873. The number of piperazine rings is 1. The van der Waals surface area contributed by atoms with Crippen LogP contribution in [0.4, 0.5) is 8.78 Å². The van der Waals surface area contributed by atoms with E-state index in [0.717, 1.165) is 25.2 Å². The zero-order chi connectivity index (χ0) is 15.0. The zero-order valence-electron chi connectivity index (χ0n) is 11.7. The third-order valence-corrected chi connectivity index (χ3v) is 3.76. The third kappa shape index (κ3) is 2.87. The summed E-state index contributed by atoms with van der Waals surface area (Å²) in [6.07, 6.45) is 0. The molecule has 1 aromatic carbocycles. The highest BCUT2D eigenvalue weighted by Crippen LogP contribution is 2.17. The smallest absolute Gasteiger partial charge is 0.219 e. The molecule has 7 heteroatoms. The highest BCUT2D eigenvalue weighted by Gasteiger charge is 2.19. The van der Waals surface area contributed by atoms with Crippen molar-refractivity contribution in [3.05, 3.63) is 29.6 Å². The van der Waals surface area contributed by atoms with Crippen LogP contribution >= 0.6 is 0 Å². The SMILES string of the molecule is CC(=O)N1CCN(Cc2nc3cc(F)c(F)cc3[nH]2)CC1. The largest absolute Gasteiger partial charge is 0.341 e. The number of aromatic nitrogens is 2. The molecular formula is C14H16F2N4O. The van der Waals surface area contributed by atoms with Gasteiger partial charge in [0.15, 0.2) is 11.6 Å². The number of fused-ring (bicyclic) bond motifs is 1. The number of halogens is 2. The first-order chi connectivity index (χ1) is 10.0. The Morgan fingerprint density at radius 3 is 2.57 bits per heavy atom. The highest BCUT2D eigenvalue weighted by molar-refractivity contribution is 5.75. The molecule has 2 heterocycles. The van der Waals surface area contributed by atoms with E-state index in [0.29, 0.717) is 36.5 Å². The Bertz CT molecular complexity index is 638. The van der Waals surface area contributed by atoms with E-state index in [4.69, 9.17) is 0 Å². The number of nitrogens with zero attached hydrogens (tertiary/aromatic N) is 3. The van der Waals surface area contributed by atoms with Gasteiger partial charge in [0, 0.05) is 45.2 Å². The Kier molecular flexibility index (Phi) is 3.59. The number of hydrogen-bond donors (Lipinski definition) is 1. The Hall–Kier alpha value is -2.02. The van der Waals surface area contributed by atoms with Gasteiger partial charge in [0.25, 0.3) is 0 Å². The number of carbonyl (C=O) groups excluding carboxylic acids is 1. The monoisotopic (exact) mass is 294 g/mol. The average molecular weight is 294 g/mol. The van der Waals surface area contributed by atoms with Crippen molar-refractivity contribution >= 4 is 16.9 Å². The molecular weight excluding hydrogens is 278 g/mol.